The molecule has 28 heavy (non-hydrogen) atoms. The first-order chi connectivity index (χ1) is 13.7. The van der Waals surface area contributed by atoms with Gasteiger partial charge in [0, 0.05) is 48.4 Å². The van der Waals surface area contributed by atoms with Crippen LogP contribution >= 0.6 is 0 Å². The lowest BCUT2D eigenvalue weighted by atomic mass is 9.91. The highest BCUT2D eigenvalue weighted by Crippen LogP contribution is 2.27. The van der Waals surface area contributed by atoms with Crippen molar-refractivity contribution in [3.8, 4) is 11.5 Å². The minimum Gasteiger partial charge on any atom is -0.497 e. The van der Waals surface area contributed by atoms with Crippen molar-refractivity contribution in [1.29, 1.82) is 0 Å². The van der Waals surface area contributed by atoms with E-state index in [0.717, 1.165) is 30.2 Å². The number of anilines is 1. The normalized spacial score (nSPS) is 26.2. The number of benzene rings is 1. The molecule has 150 valence electrons. The van der Waals surface area contributed by atoms with E-state index in [0.29, 0.717) is 11.5 Å². The number of nitrogens with zero attached hydrogens (tertiary/aromatic N) is 3. The molecule has 1 aliphatic carbocycles. The number of amidine groups is 2. The van der Waals surface area contributed by atoms with Gasteiger partial charge >= 0.3 is 0 Å². The summed E-state index contributed by atoms with van der Waals surface area (Å²) < 4.78 is 10.7. The first-order valence-corrected chi connectivity index (χ1v) is 9.56. The van der Waals surface area contributed by atoms with Gasteiger partial charge in [-0.25, -0.2) is 9.98 Å². The topological polar surface area (TPSA) is 109 Å². The third kappa shape index (κ3) is 3.90. The summed E-state index contributed by atoms with van der Waals surface area (Å²) in [6.07, 6.45) is 7.72. The summed E-state index contributed by atoms with van der Waals surface area (Å²) in [4.78, 5) is 9.23. The van der Waals surface area contributed by atoms with E-state index in [1.54, 1.807) is 20.4 Å². The van der Waals surface area contributed by atoms with E-state index in [2.05, 4.69) is 21.1 Å². The van der Waals surface area contributed by atoms with E-state index in [4.69, 9.17) is 20.2 Å². The number of rotatable bonds is 5. The fraction of sp³-hybridized carbons (Fsp3) is 0.474. The maximum absolute atomic E-state index is 6.28. The summed E-state index contributed by atoms with van der Waals surface area (Å²) in [6, 6.07) is 5.98. The van der Waals surface area contributed by atoms with Crippen LogP contribution in [0.3, 0.4) is 0 Å². The minimum atomic E-state index is -0.346. The molecule has 9 nitrogen and oxygen atoms in total. The Morgan fingerprint density at radius 2 is 1.86 bits per heavy atom. The SMILES string of the molecule is COc1cc(NC2N=C3C(NC4CCCCC4N)=NC=CN3N2)cc(OC)c1. The summed E-state index contributed by atoms with van der Waals surface area (Å²) in [6.45, 7) is 0. The predicted molar refractivity (Wildman–Crippen MR) is 109 cm³/mol. The van der Waals surface area contributed by atoms with Gasteiger partial charge in [0.25, 0.3) is 0 Å². The van der Waals surface area contributed by atoms with Crippen LogP contribution in [0, 0.1) is 0 Å². The number of aliphatic imine (C=N–C) groups is 2. The van der Waals surface area contributed by atoms with Crippen LogP contribution in [0.15, 0.2) is 40.6 Å². The molecule has 2 heterocycles. The molecule has 0 aromatic heterocycles. The lowest BCUT2D eigenvalue weighted by Crippen LogP contribution is -2.54. The van der Waals surface area contributed by atoms with Crippen LogP contribution in [0.4, 0.5) is 5.69 Å². The van der Waals surface area contributed by atoms with Crippen LogP contribution in [0.1, 0.15) is 25.7 Å². The van der Waals surface area contributed by atoms with Gasteiger partial charge in [-0.15, -0.1) is 0 Å². The molecular weight excluding hydrogens is 358 g/mol. The van der Waals surface area contributed by atoms with Crippen LogP contribution in [0.25, 0.3) is 0 Å². The van der Waals surface area contributed by atoms with Gasteiger partial charge in [-0.2, -0.15) is 5.43 Å². The second-order valence-corrected chi connectivity index (χ2v) is 7.08. The number of hydrogen-bond donors (Lipinski definition) is 4. The molecule has 1 fully saturated rings. The molecule has 3 atom stereocenters. The summed E-state index contributed by atoms with van der Waals surface area (Å²) in [5.41, 5.74) is 10.4. The molecule has 1 saturated carbocycles. The predicted octanol–water partition coefficient (Wildman–Crippen LogP) is 1.36. The molecular formula is C19H27N7O2. The number of ether oxygens (including phenoxy) is 2. The van der Waals surface area contributed by atoms with Gasteiger partial charge in [-0.3, -0.25) is 5.01 Å². The molecule has 2 aliphatic heterocycles. The second-order valence-electron chi connectivity index (χ2n) is 7.08. The van der Waals surface area contributed by atoms with Crippen molar-refractivity contribution < 1.29 is 9.47 Å². The summed E-state index contributed by atoms with van der Waals surface area (Å²) in [5, 5.41) is 8.69. The Balaban J connectivity index is 1.48. The van der Waals surface area contributed by atoms with Crippen LogP contribution in [-0.4, -0.2) is 49.3 Å². The van der Waals surface area contributed by atoms with Gasteiger partial charge in [0.2, 0.25) is 0 Å². The second kappa shape index (κ2) is 8.07. The summed E-state index contributed by atoms with van der Waals surface area (Å²) in [7, 11) is 3.25. The van der Waals surface area contributed by atoms with E-state index < -0.39 is 0 Å². The zero-order valence-corrected chi connectivity index (χ0v) is 16.2. The van der Waals surface area contributed by atoms with Gasteiger partial charge in [0.15, 0.2) is 18.0 Å². The van der Waals surface area contributed by atoms with Crippen LogP contribution in [0.5, 0.6) is 11.5 Å². The highest BCUT2D eigenvalue weighted by Gasteiger charge is 2.31. The minimum absolute atomic E-state index is 0.143. The van der Waals surface area contributed by atoms with Gasteiger partial charge in [-0.1, -0.05) is 12.8 Å². The Bertz CT molecular complexity index is 785. The van der Waals surface area contributed by atoms with Crippen molar-refractivity contribution in [2.24, 2.45) is 15.7 Å². The highest BCUT2D eigenvalue weighted by molar-refractivity contribution is 6.41. The van der Waals surface area contributed by atoms with Crippen molar-refractivity contribution in [1.82, 2.24) is 15.8 Å². The summed E-state index contributed by atoms with van der Waals surface area (Å²) >= 11 is 0. The third-order valence-corrected chi connectivity index (χ3v) is 5.17. The average Bonchev–Trinajstić information content (AvgIpc) is 3.12. The Kier molecular flexibility index (Phi) is 5.36. The molecule has 0 radical (unpaired) electrons. The molecule has 0 spiro atoms. The molecule has 4 rings (SSSR count). The van der Waals surface area contributed by atoms with Crippen LogP contribution in [0.2, 0.25) is 0 Å². The Morgan fingerprint density at radius 1 is 1.11 bits per heavy atom. The molecule has 3 aliphatic rings. The Morgan fingerprint density at radius 3 is 2.57 bits per heavy atom. The van der Waals surface area contributed by atoms with Gasteiger partial charge in [0.1, 0.15) is 11.5 Å². The first-order valence-electron chi connectivity index (χ1n) is 9.56. The first kappa shape index (κ1) is 18.6. The maximum atomic E-state index is 6.28. The van der Waals surface area contributed by atoms with Gasteiger partial charge in [-0.05, 0) is 12.8 Å². The van der Waals surface area contributed by atoms with Crippen molar-refractivity contribution in [3.05, 3.63) is 30.6 Å². The van der Waals surface area contributed by atoms with E-state index >= 15 is 0 Å². The molecule has 0 saturated heterocycles. The number of hydrogen-bond acceptors (Lipinski definition) is 9. The van der Waals surface area contributed by atoms with Crippen molar-refractivity contribution >= 4 is 17.4 Å². The Hall–Kier alpha value is -2.78. The number of hydrazine groups is 1. The fourth-order valence-electron chi connectivity index (χ4n) is 3.66. The van der Waals surface area contributed by atoms with E-state index in [1.807, 2.05) is 29.4 Å². The van der Waals surface area contributed by atoms with E-state index in [1.165, 1.54) is 12.8 Å². The quantitative estimate of drug-likeness (QED) is 0.606. The Labute approximate surface area is 164 Å². The standard InChI is InChI=1S/C19H27N7O2/c1-27-13-9-12(10-14(11-13)28-2)22-19-24-18-17(21-7-8-26(18)25-19)23-16-6-4-3-5-15(16)20/h7-11,15-16,19,22,25H,3-6,20H2,1-2H3,(H,21,23). The molecule has 1 aromatic carbocycles. The van der Waals surface area contributed by atoms with E-state index in [-0.39, 0.29) is 18.4 Å². The largest absolute Gasteiger partial charge is 0.497 e. The lowest BCUT2D eigenvalue weighted by Gasteiger charge is -2.31. The van der Waals surface area contributed by atoms with Gasteiger partial charge in [0.05, 0.1) is 14.2 Å². The molecule has 0 amide bonds. The maximum Gasteiger partial charge on any atom is 0.193 e. The number of nitrogens with two attached hydrogens (primary N) is 1. The van der Waals surface area contributed by atoms with Gasteiger partial charge < -0.3 is 25.8 Å². The molecule has 5 N–H and O–H groups in total. The van der Waals surface area contributed by atoms with Crippen LogP contribution in [-0.2, 0) is 0 Å². The zero-order valence-electron chi connectivity index (χ0n) is 16.2. The van der Waals surface area contributed by atoms with Crippen molar-refractivity contribution in [3.63, 3.8) is 0 Å². The number of nitrogens with one attached hydrogen (secondary N) is 3. The molecule has 3 unspecified atom stereocenters. The zero-order chi connectivity index (χ0) is 19.5. The lowest BCUT2D eigenvalue weighted by molar-refractivity contribution is 0.359. The summed E-state index contributed by atoms with van der Waals surface area (Å²) in [5.74, 6) is 2.90. The fourth-order valence-corrected chi connectivity index (χ4v) is 3.66. The molecule has 0 bridgehead atoms. The highest BCUT2D eigenvalue weighted by atomic mass is 16.5. The molecule has 1 aromatic rings. The smallest absolute Gasteiger partial charge is 0.193 e. The average molecular weight is 385 g/mol. The monoisotopic (exact) mass is 385 g/mol. The molecule has 9 heteroatoms. The number of methoxy groups -OCH3 is 2. The van der Waals surface area contributed by atoms with Crippen molar-refractivity contribution in [2.75, 3.05) is 19.5 Å². The van der Waals surface area contributed by atoms with Crippen LogP contribution < -0.4 is 31.3 Å². The third-order valence-electron chi connectivity index (χ3n) is 5.17. The van der Waals surface area contributed by atoms with E-state index in [9.17, 15) is 0 Å². The number of fused-ring (bicyclic) bond motifs is 1. The van der Waals surface area contributed by atoms with Crippen molar-refractivity contribution in [2.45, 2.75) is 44.1 Å².